The predicted octanol–water partition coefficient (Wildman–Crippen LogP) is 1.52. The van der Waals surface area contributed by atoms with E-state index in [0.717, 1.165) is 38.7 Å². The lowest BCUT2D eigenvalue weighted by atomic mass is 9.83. The molecule has 0 bridgehead atoms. The average Bonchev–Trinajstić information content (AvgIpc) is 3.04. The van der Waals surface area contributed by atoms with Crippen LogP contribution in [0, 0.1) is 5.41 Å². The van der Waals surface area contributed by atoms with Crippen molar-refractivity contribution in [2.24, 2.45) is 16.1 Å². The largest absolute Gasteiger partial charge is 0.370 e. The van der Waals surface area contributed by atoms with Gasteiger partial charge in [0.05, 0.1) is 12.1 Å². The summed E-state index contributed by atoms with van der Waals surface area (Å²) in [5, 5.41) is 0. The highest BCUT2D eigenvalue weighted by atomic mass is 15.4. The molecule has 1 atom stereocenters. The van der Waals surface area contributed by atoms with Crippen LogP contribution in [0.5, 0.6) is 0 Å². The molecule has 1 saturated carbocycles. The highest BCUT2D eigenvalue weighted by Gasteiger charge is 2.58. The first-order valence-electron chi connectivity index (χ1n) is 7.27. The normalized spacial score (nSPS) is 29.8. The fraction of sp³-hybridized carbons (Fsp3) is 0.929. The topological polar surface area (TPSA) is 44.9 Å². The third-order valence-electron chi connectivity index (χ3n) is 5.26. The lowest BCUT2D eigenvalue weighted by Gasteiger charge is -2.42. The van der Waals surface area contributed by atoms with Crippen molar-refractivity contribution in [3.63, 3.8) is 0 Å². The van der Waals surface area contributed by atoms with Gasteiger partial charge in [-0.2, -0.15) is 0 Å². The molecule has 104 valence electrons. The van der Waals surface area contributed by atoms with Crippen LogP contribution in [0.3, 0.4) is 0 Å². The van der Waals surface area contributed by atoms with Crippen molar-refractivity contribution in [1.82, 2.24) is 9.80 Å². The molecule has 2 aliphatic rings. The van der Waals surface area contributed by atoms with Crippen LogP contribution in [0.2, 0.25) is 0 Å². The van der Waals surface area contributed by atoms with Crippen LogP contribution in [0.4, 0.5) is 0 Å². The van der Waals surface area contributed by atoms with Crippen LogP contribution >= 0.6 is 0 Å². The minimum absolute atomic E-state index is 0.143. The summed E-state index contributed by atoms with van der Waals surface area (Å²) >= 11 is 0. The van der Waals surface area contributed by atoms with Gasteiger partial charge in [-0.1, -0.05) is 20.8 Å². The highest BCUT2D eigenvalue weighted by Crippen LogP contribution is 2.57. The van der Waals surface area contributed by atoms with Gasteiger partial charge in [-0.05, 0) is 38.3 Å². The first kappa shape index (κ1) is 13.7. The predicted molar refractivity (Wildman–Crippen MR) is 76.7 cm³/mol. The van der Waals surface area contributed by atoms with Gasteiger partial charge in [0, 0.05) is 13.1 Å². The maximum Gasteiger partial charge on any atom is 0.191 e. The van der Waals surface area contributed by atoms with Gasteiger partial charge in [-0.25, -0.2) is 0 Å². The van der Waals surface area contributed by atoms with Crippen molar-refractivity contribution in [1.29, 1.82) is 0 Å². The Labute approximate surface area is 111 Å². The van der Waals surface area contributed by atoms with Crippen LogP contribution in [0.1, 0.15) is 40.5 Å². The zero-order valence-corrected chi connectivity index (χ0v) is 12.4. The Kier molecular flexibility index (Phi) is 3.58. The van der Waals surface area contributed by atoms with E-state index in [1.807, 2.05) is 0 Å². The van der Waals surface area contributed by atoms with Gasteiger partial charge in [0.1, 0.15) is 0 Å². The first-order valence-corrected chi connectivity index (χ1v) is 7.27. The van der Waals surface area contributed by atoms with E-state index in [9.17, 15) is 0 Å². The maximum atomic E-state index is 6.11. The van der Waals surface area contributed by atoms with Crippen LogP contribution in [0.25, 0.3) is 0 Å². The molecule has 1 fully saturated rings. The van der Waals surface area contributed by atoms with Crippen LogP contribution in [0.15, 0.2) is 4.99 Å². The molecule has 1 aliphatic heterocycles. The smallest absolute Gasteiger partial charge is 0.191 e. The molecule has 18 heavy (non-hydrogen) atoms. The number of hydrogen-bond donors (Lipinski definition) is 1. The second-order valence-electron chi connectivity index (χ2n) is 6.19. The fourth-order valence-corrected chi connectivity index (χ4v) is 3.04. The van der Waals surface area contributed by atoms with Gasteiger partial charge in [-0.3, -0.25) is 4.99 Å². The number of aliphatic imine (C=N–C) groups is 1. The molecule has 0 aromatic heterocycles. The number of likely N-dealkylation sites (N-methyl/N-ethyl adjacent to an activating group) is 1. The molecule has 0 radical (unpaired) electrons. The Balaban J connectivity index is 2.02. The van der Waals surface area contributed by atoms with E-state index in [2.05, 4.69) is 42.5 Å². The number of guanidine groups is 1. The summed E-state index contributed by atoms with van der Waals surface area (Å²) in [5.41, 5.74) is 6.67. The summed E-state index contributed by atoms with van der Waals surface area (Å²) in [6.07, 6.45) is 2.63. The van der Waals surface area contributed by atoms with Crippen LogP contribution < -0.4 is 5.73 Å². The lowest BCUT2D eigenvalue weighted by molar-refractivity contribution is 0.119. The molecule has 4 nitrogen and oxygen atoms in total. The molecule has 0 spiro atoms. The minimum atomic E-state index is 0.143. The SMILES string of the molecule is CCN(CC)CCN1C(N)=NCC1(C)C1(C)CC1. The van der Waals surface area contributed by atoms with Gasteiger partial charge >= 0.3 is 0 Å². The van der Waals surface area contributed by atoms with Crippen molar-refractivity contribution in [2.45, 2.75) is 46.1 Å². The molecule has 1 aliphatic carbocycles. The number of nitrogens with zero attached hydrogens (tertiary/aromatic N) is 3. The molecule has 0 amide bonds. The third-order valence-corrected chi connectivity index (χ3v) is 5.26. The summed E-state index contributed by atoms with van der Waals surface area (Å²) in [5.74, 6) is 0.748. The van der Waals surface area contributed by atoms with Gasteiger partial charge < -0.3 is 15.5 Å². The molecule has 0 aromatic rings. The Morgan fingerprint density at radius 1 is 1.28 bits per heavy atom. The Morgan fingerprint density at radius 3 is 2.39 bits per heavy atom. The summed E-state index contributed by atoms with van der Waals surface area (Å²) in [6, 6.07) is 0. The zero-order valence-electron chi connectivity index (χ0n) is 12.4. The second kappa shape index (κ2) is 4.72. The van der Waals surface area contributed by atoms with E-state index in [0.29, 0.717) is 5.41 Å². The molecule has 0 saturated heterocycles. The highest BCUT2D eigenvalue weighted by molar-refractivity contribution is 5.81. The summed E-state index contributed by atoms with van der Waals surface area (Å²) in [7, 11) is 0. The van der Waals surface area contributed by atoms with E-state index >= 15 is 0 Å². The molecular formula is C14H28N4. The van der Waals surface area contributed by atoms with E-state index in [1.54, 1.807) is 0 Å². The molecule has 1 unspecified atom stereocenters. The standard InChI is InChI=1S/C14H28N4/c1-5-17(6-2)9-10-18-12(15)16-11-14(18,4)13(3)7-8-13/h5-11H2,1-4H3,(H2,15,16). The van der Waals surface area contributed by atoms with Crippen molar-refractivity contribution >= 4 is 5.96 Å². The summed E-state index contributed by atoms with van der Waals surface area (Å²) in [4.78, 5) is 9.31. The molecular weight excluding hydrogens is 224 g/mol. The molecule has 2 rings (SSSR count). The Bertz CT molecular complexity index is 331. The number of nitrogens with two attached hydrogens (primary N) is 1. The summed E-state index contributed by atoms with van der Waals surface area (Å²) in [6.45, 7) is 14.3. The second-order valence-corrected chi connectivity index (χ2v) is 6.19. The Morgan fingerprint density at radius 2 is 1.89 bits per heavy atom. The first-order chi connectivity index (χ1) is 8.47. The van der Waals surface area contributed by atoms with E-state index < -0.39 is 0 Å². The van der Waals surface area contributed by atoms with E-state index in [1.165, 1.54) is 12.8 Å². The van der Waals surface area contributed by atoms with Gasteiger partial charge in [0.2, 0.25) is 0 Å². The third kappa shape index (κ3) is 2.11. The van der Waals surface area contributed by atoms with Crippen LogP contribution in [-0.2, 0) is 0 Å². The van der Waals surface area contributed by atoms with Crippen molar-refractivity contribution in [3.05, 3.63) is 0 Å². The minimum Gasteiger partial charge on any atom is -0.370 e. The maximum absolute atomic E-state index is 6.11. The molecule has 0 aromatic carbocycles. The average molecular weight is 252 g/mol. The van der Waals surface area contributed by atoms with Gasteiger partial charge in [0.15, 0.2) is 5.96 Å². The monoisotopic (exact) mass is 252 g/mol. The van der Waals surface area contributed by atoms with Crippen molar-refractivity contribution in [2.75, 3.05) is 32.7 Å². The van der Waals surface area contributed by atoms with Crippen molar-refractivity contribution < 1.29 is 0 Å². The Hall–Kier alpha value is -0.770. The molecule has 2 N–H and O–H groups in total. The zero-order chi connectivity index (χ0) is 13.4. The quantitative estimate of drug-likeness (QED) is 0.779. The van der Waals surface area contributed by atoms with E-state index in [4.69, 9.17) is 5.73 Å². The number of hydrogen-bond acceptors (Lipinski definition) is 4. The van der Waals surface area contributed by atoms with E-state index in [-0.39, 0.29) is 5.54 Å². The molecule has 1 heterocycles. The number of rotatable bonds is 6. The van der Waals surface area contributed by atoms with Crippen molar-refractivity contribution in [3.8, 4) is 0 Å². The lowest BCUT2D eigenvalue weighted by Crippen LogP contribution is -2.56. The fourth-order valence-electron chi connectivity index (χ4n) is 3.04. The summed E-state index contributed by atoms with van der Waals surface area (Å²) < 4.78 is 0. The van der Waals surface area contributed by atoms with Gasteiger partial charge in [-0.15, -0.1) is 0 Å². The van der Waals surface area contributed by atoms with Crippen LogP contribution in [-0.4, -0.2) is 54.0 Å². The van der Waals surface area contributed by atoms with Gasteiger partial charge in [0.25, 0.3) is 0 Å². The molecule has 4 heteroatoms.